The van der Waals surface area contributed by atoms with Crippen LogP contribution in [-0.2, 0) is 0 Å². The van der Waals surface area contributed by atoms with Crippen LogP contribution in [-0.4, -0.2) is 22.2 Å². The van der Waals surface area contributed by atoms with E-state index in [1.54, 1.807) is 0 Å². The second-order valence-electron chi connectivity index (χ2n) is 13.6. The lowest BCUT2D eigenvalue weighted by Gasteiger charge is -2.34. The average Bonchev–Trinajstić information content (AvgIpc) is 3.57. The first-order valence-electron chi connectivity index (χ1n) is 17.9. The van der Waals surface area contributed by atoms with Gasteiger partial charge in [-0.2, -0.15) is 0 Å². The Labute approximate surface area is 303 Å². The number of rotatable bonds is 5. The minimum Gasteiger partial charge on any atom is -0.349 e. The zero-order chi connectivity index (χ0) is 34.6. The molecule has 0 bridgehead atoms. The van der Waals surface area contributed by atoms with Crippen LogP contribution in [0.5, 0.6) is 0 Å². The second-order valence-corrected chi connectivity index (χ2v) is 13.6. The third-order valence-corrected chi connectivity index (χ3v) is 10.6. The van der Waals surface area contributed by atoms with Crippen LogP contribution in [0.15, 0.2) is 193 Å². The second kappa shape index (κ2) is 12.3. The number of hydrogen-bond acceptors (Lipinski definition) is 2. The lowest BCUT2D eigenvalue weighted by atomic mass is 9.98. The quantitative estimate of drug-likeness (QED) is 0.179. The first-order chi connectivity index (χ1) is 25.7. The molecule has 0 saturated heterocycles. The topological polar surface area (TPSA) is 20.5 Å². The van der Waals surface area contributed by atoms with Crippen LogP contribution in [0.25, 0.3) is 65.9 Å². The van der Waals surface area contributed by atoms with Gasteiger partial charge in [0.1, 0.15) is 6.17 Å². The zero-order valence-electron chi connectivity index (χ0n) is 28.8. The molecule has 1 aromatic heterocycles. The summed E-state index contributed by atoms with van der Waals surface area (Å²) in [7, 11) is 2.14. The van der Waals surface area contributed by atoms with Crippen LogP contribution in [0.2, 0.25) is 0 Å². The van der Waals surface area contributed by atoms with Crippen molar-refractivity contribution >= 4 is 54.8 Å². The summed E-state index contributed by atoms with van der Waals surface area (Å²) in [5.74, 6) is 0. The van der Waals surface area contributed by atoms with Gasteiger partial charge in [-0.25, -0.2) is 0 Å². The van der Waals surface area contributed by atoms with Gasteiger partial charge in [0.2, 0.25) is 0 Å². The molecule has 0 aliphatic carbocycles. The third kappa shape index (κ3) is 4.93. The summed E-state index contributed by atoms with van der Waals surface area (Å²) in [5, 5.41) is 7.68. The SMILES string of the molecule is CN1C(c2ccc(-c3cccc(-n4c5ccc6ccccc6c5c5c6ccccc6ccc54)c3)cc2)=CC(c2ccccc2)=NC1c1ccccc1. The number of allylic oxidation sites excluding steroid dienone is 1. The van der Waals surface area contributed by atoms with Gasteiger partial charge in [0.25, 0.3) is 0 Å². The van der Waals surface area contributed by atoms with Crippen LogP contribution in [0.4, 0.5) is 0 Å². The minimum absolute atomic E-state index is 0.117. The maximum absolute atomic E-state index is 5.22. The van der Waals surface area contributed by atoms with Crippen molar-refractivity contribution < 1.29 is 0 Å². The van der Waals surface area contributed by atoms with E-state index >= 15 is 0 Å². The fourth-order valence-corrected chi connectivity index (χ4v) is 8.08. The van der Waals surface area contributed by atoms with Gasteiger partial charge in [0, 0.05) is 29.2 Å². The summed E-state index contributed by atoms with van der Waals surface area (Å²) in [6.45, 7) is 0. The first kappa shape index (κ1) is 30.1. The molecule has 0 amide bonds. The normalized spacial score (nSPS) is 14.6. The van der Waals surface area contributed by atoms with Crippen molar-refractivity contribution in [2.45, 2.75) is 6.17 Å². The van der Waals surface area contributed by atoms with E-state index < -0.39 is 0 Å². The number of benzene rings is 8. The van der Waals surface area contributed by atoms with Crippen molar-refractivity contribution in [1.29, 1.82) is 0 Å². The molecule has 0 spiro atoms. The van der Waals surface area contributed by atoms with E-state index in [1.807, 2.05) is 0 Å². The Balaban J connectivity index is 1.07. The molecule has 3 nitrogen and oxygen atoms in total. The molecule has 0 fully saturated rings. The average molecular weight is 666 g/mol. The molecular formula is C49H35N3. The van der Waals surface area contributed by atoms with Gasteiger partial charge in [0.05, 0.1) is 16.7 Å². The van der Waals surface area contributed by atoms with Crippen molar-refractivity contribution in [3.63, 3.8) is 0 Å². The fraction of sp³-hybridized carbons (Fsp3) is 0.0408. The van der Waals surface area contributed by atoms with Crippen LogP contribution < -0.4 is 0 Å². The maximum atomic E-state index is 5.22. The summed E-state index contributed by atoms with van der Waals surface area (Å²) in [4.78, 5) is 7.50. The molecule has 0 saturated carbocycles. The molecule has 0 N–H and O–H groups in total. The largest absolute Gasteiger partial charge is 0.349 e. The smallest absolute Gasteiger partial charge is 0.147 e. The molecule has 0 radical (unpaired) electrons. The molecule has 8 aromatic carbocycles. The zero-order valence-corrected chi connectivity index (χ0v) is 28.8. The molecule has 2 heterocycles. The molecule has 1 atom stereocenters. The van der Waals surface area contributed by atoms with E-state index in [-0.39, 0.29) is 6.17 Å². The number of fused-ring (bicyclic) bond motifs is 7. The number of aromatic nitrogens is 1. The summed E-state index contributed by atoms with van der Waals surface area (Å²) in [5.41, 5.74) is 11.5. The predicted octanol–water partition coefficient (Wildman–Crippen LogP) is 12.2. The monoisotopic (exact) mass is 665 g/mol. The molecule has 10 rings (SSSR count). The summed E-state index contributed by atoms with van der Waals surface area (Å²) >= 11 is 0. The standard InChI is InChI=1S/C49H35N3/c1-51-46(32-43(36-15-4-2-5-16-36)50-49(51)38-17-6-3-7-18-38)37-25-23-33(24-26-37)39-19-12-20-40(31-39)52-44-29-27-34-13-8-10-21-41(34)47(44)48-42-22-11-9-14-35(42)28-30-45(48)52/h2-32,49H,1H3. The molecular weight excluding hydrogens is 631 g/mol. The van der Waals surface area contributed by atoms with Crippen LogP contribution in [0.1, 0.15) is 22.9 Å². The highest BCUT2D eigenvalue weighted by Crippen LogP contribution is 2.41. The molecule has 3 heteroatoms. The van der Waals surface area contributed by atoms with Gasteiger partial charge >= 0.3 is 0 Å². The summed E-state index contributed by atoms with van der Waals surface area (Å²) in [6.07, 6.45) is 2.10. The Kier molecular flexibility index (Phi) is 7.10. The van der Waals surface area contributed by atoms with E-state index in [9.17, 15) is 0 Å². The van der Waals surface area contributed by atoms with Crippen molar-refractivity contribution in [2.24, 2.45) is 4.99 Å². The number of aliphatic imine (C=N–C) groups is 1. The van der Waals surface area contributed by atoms with Crippen LogP contribution in [0.3, 0.4) is 0 Å². The Bertz CT molecular complexity index is 2750. The van der Waals surface area contributed by atoms with Crippen LogP contribution >= 0.6 is 0 Å². The van der Waals surface area contributed by atoms with Gasteiger partial charge < -0.3 is 9.47 Å². The van der Waals surface area contributed by atoms with E-state index in [0.29, 0.717) is 0 Å². The minimum atomic E-state index is -0.117. The van der Waals surface area contributed by atoms with Crippen molar-refractivity contribution in [3.8, 4) is 16.8 Å². The van der Waals surface area contributed by atoms with E-state index in [2.05, 4.69) is 205 Å². The Hall–Kier alpha value is -6.71. The van der Waals surface area contributed by atoms with Gasteiger partial charge in [-0.05, 0) is 79.7 Å². The highest BCUT2D eigenvalue weighted by atomic mass is 15.2. The molecule has 246 valence electrons. The Morgan fingerprint density at radius 3 is 1.67 bits per heavy atom. The van der Waals surface area contributed by atoms with E-state index in [4.69, 9.17) is 4.99 Å². The van der Waals surface area contributed by atoms with Gasteiger partial charge in [-0.1, -0.05) is 158 Å². The molecule has 1 aliphatic heterocycles. The van der Waals surface area contributed by atoms with E-state index in [0.717, 1.165) is 28.2 Å². The fourth-order valence-electron chi connectivity index (χ4n) is 8.08. The lowest BCUT2D eigenvalue weighted by molar-refractivity contribution is 0.364. The number of nitrogens with zero attached hydrogens (tertiary/aromatic N) is 3. The van der Waals surface area contributed by atoms with Gasteiger partial charge in [0.15, 0.2) is 0 Å². The summed E-state index contributed by atoms with van der Waals surface area (Å²) < 4.78 is 2.44. The summed E-state index contributed by atoms with van der Waals surface area (Å²) in [6, 6.07) is 65.6. The Morgan fingerprint density at radius 1 is 0.462 bits per heavy atom. The van der Waals surface area contributed by atoms with Crippen molar-refractivity contribution in [3.05, 3.63) is 205 Å². The third-order valence-electron chi connectivity index (χ3n) is 10.6. The molecule has 9 aromatic rings. The maximum Gasteiger partial charge on any atom is 0.147 e. The van der Waals surface area contributed by atoms with Crippen LogP contribution in [0, 0.1) is 0 Å². The Morgan fingerprint density at radius 2 is 1.02 bits per heavy atom. The highest BCUT2D eigenvalue weighted by molar-refractivity contribution is 6.28. The van der Waals surface area contributed by atoms with E-state index in [1.165, 1.54) is 60.0 Å². The lowest BCUT2D eigenvalue weighted by Crippen LogP contribution is -2.27. The van der Waals surface area contributed by atoms with Crippen molar-refractivity contribution in [1.82, 2.24) is 9.47 Å². The molecule has 1 unspecified atom stereocenters. The predicted molar refractivity (Wildman–Crippen MR) is 219 cm³/mol. The van der Waals surface area contributed by atoms with Crippen molar-refractivity contribution in [2.75, 3.05) is 7.05 Å². The van der Waals surface area contributed by atoms with Gasteiger partial charge in [-0.15, -0.1) is 0 Å². The number of hydrogen-bond donors (Lipinski definition) is 0. The van der Waals surface area contributed by atoms with Gasteiger partial charge in [-0.3, -0.25) is 4.99 Å². The molecule has 1 aliphatic rings. The molecule has 52 heavy (non-hydrogen) atoms. The first-order valence-corrected chi connectivity index (χ1v) is 17.9. The highest BCUT2D eigenvalue weighted by Gasteiger charge is 2.25.